The molecule has 1 heterocycles. The lowest BCUT2D eigenvalue weighted by Crippen LogP contribution is -2.16. The van der Waals surface area contributed by atoms with E-state index >= 15 is 4.39 Å². The Balaban J connectivity index is 1.81. The number of nitrogens with one attached hydrogen (secondary N) is 1. The Kier molecular flexibility index (Phi) is 6.41. The Morgan fingerprint density at radius 3 is 2.56 bits per heavy atom. The molecule has 5 nitrogen and oxygen atoms in total. The van der Waals surface area contributed by atoms with Gasteiger partial charge in [0.1, 0.15) is 5.82 Å². The molecule has 36 heavy (non-hydrogen) atoms. The van der Waals surface area contributed by atoms with Gasteiger partial charge in [-0.15, -0.1) is 0 Å². The Morgan fingerprint density at radius 1 is 1.14 bits per heavy atom. The lowest BCUT2D eigenvalue weighted by atomic mass is 9.72. The molecule has 0 spiro atoms. The number of aromatic nitrogens is 2. The molecule has 1 aromatic heterocycles. The molecular weight excluding hydrogens is 477 g/mol. The molecule has 0 unspecified atom stereocenters. The molecule has 0 aliphatic heterocycles. The van der Waals surface area contributed by atoms with E-state index in [1.807, 2.05) is 18.2 Å². The number of rotatable bonds is 6. The van der Waals surface area contributed by atoms with Crippen LogP contribution in [0.2, 0.25) is 5.02 Å². The molecule has 7 heteroatoms. The standard InChI is InChI=1S/C29H21ClFN3O2/c30-21-9-10-22(20(14-21)15-32)27(18-2-1-3-18)28(19-7-4-17(5-8-19)6-13-26(35)36)23-11-12-25-24(29(23)31)16-33-34-25/h4-14,16,18H,1-3H2,(H,33,34)(H,35,36). The summed E-state index contributed by atoms with van der Waals surface area (Å²) in [5, 5.41) is 26.5. The normalized spacial score (nSPS) is 14.5. The van der Waals surface area contributed by atoms with E-state index in [-0.39, 0.29) is 5.92 Å². The number of nitriles is 1. The fourth-order valence-corrected chi connectivity index (χ4v) is 4.83. The zero-order valence-electron chi connectivity index (χ0n) is 19.1. The SMILES string of the molecule is N#Cc1cc(Cl)ccc1C(=C(c1ccc(C=CC(=O)O)cc1)c1ccc2[nH]ncc2c1F)C1CCC1. The number of aliphatic carboxylic acids is 1. The molecule has 0 radical (unpaired) electrons. The second-order valence-electron chi connectivity index (χ2n) is 8.77. The van der Waals surface area contributed by atoms with Crippen LogP contribution >= 0.6 is 11.6 Å². The van der Waals surface area contributed by atoms with Crippen molar-refractivity contribution in [2.75, 3.05) is 0 Å². The molecule has 1 aliphatic carbocycles. The van der Waals surface area contributed by atoms with E-state index in [2.05, 4.69) is 16.3 Å². The van der Waals surface area contributed by atoms with Crippen LogP contribution in [0, 0.1) is 23.1 Å². The third-order valence-corrected chi connectivity index (χ3v) is 6.86. The highest BCUT2D eigenvalue weighted by atomic mass is 35.5. The zero-order chi connectivity index (χ0) is 25.2. The molecule has 1 fully saturated rings. The zero-order valence-corrected chi connectivity index (χ0v) is 19.9. The number of allylic oxidation sites excluding steroid dienone is 1. The van der Waals surface area contributed by atoms with Crippen LogP contribution in [-0.4, -0.2) is 21.3 Å². The van der Waals surface area contributed by atoms with E-state index in [0.29, 0.717) is 38.2 Å². The third-order valence-electron chi connectivity index (χ3n) is 6.62. The van der Waals surface area contributed by atoms with E-state index < -0.39 is 11.8 Å². The molecule has 4 aromatic rings. The average Bonchev–Trinajstić information content (AvgIpc) is 3.33. The fraction of sp³-hybridized carbons (Fsp3) is 0.138. The Hall–Kier alpha value is -4.21. The number of hydrogen-bond donors (Lipinski definition) is 2. The largest absolute Gasteiger partial charge is 0.478 e. The molecule has 0 atom stereocenters. The molecule has 1 aliphatic rings. The monoisotopic (exact) mass is 497 g/mol. The van der Waals surface area contributed by atoms with Crippen LogP contribution in [0.15, 0.2) is 66.9 Å². The van der Waals surface area contributed by atoms with Gasteiger partial charge in [-0.25, -0.2) is 9.18 Å². The summed E-state index contributed by atoms with van der Waals surface area (Å²) in [6.45, 7) is 0. The first-order valence-electron chi connectivity index (χ1n) is 11.5. The van der Waals surface area contributed by atoms with Crippen LogP contribution < -0.4 is 0 Å². The Labute approximate surface area is 212 Å². The van der Waals surface area contributed by atoms with Crippen LogP contribution in [0.5, 0.6) is 0 Å². The maximum absolute atomic E-state index is 16.0. The summed E-state index contributed by atoms with van der Waals surface area (Å²) < 4.78 is 16.0. The summed E-state index contributed by atoms with van der Waals surface area (Å²) in [7, 11) is 0. The topological polar surface area (TPSA) is 89.8 Å². The number of H-pyrrole nitrogens is 1. The molecule has 0 saturated heterocycles. The quantitative estimate of drug-likeness (QED) is 0.220. The van der Waals surface area contributed by atoms with E-state index in [0.717, 1.165) is 42.0 Å². The average molecular weight is 498 g/mol. The number of carboxylic acids is 1. The summed E-state index contributed by atoms with van der Waals surface area (Å²) in [6.07, 6.45) is 6.97. The predicted octanol–water partition coefficient (Wildman–Crippen LogP) is 7.08. The number of benzene rings is 3. The molecule has 0 bridgehead atoms. The molecule has 3 aromatic carbocycles. The lowest BCUT2D eigenvalue weighted by Gasteiger charge is -2.32. The highest BCUT2D eigenvalue weighted by molar-refractivity contribution is 6.30. The van der Waals surface area contributed by atoms with Gasteiger partial charge >= 0.3 is 5.97 Å². The Morgan fingerprint density at radius 2 is 1.89 bits per heavy atom. The van der Waals surface area contributed by atoms with Gasteiger partial charge in [-0.05, 0) is 76.9 Å². The summed E-state index contributed by atoms with van der Waals surface area (Å²) in [4.78, 5) is 10.9. The summed E-state index contributed by atoms with van der Waals surface area (Å²) in [5.41, 5.74) is 5.28. The molecule has 0 amide bonds. The van der Waals surface area contributed by atoms with Crippen LogP contribution in [0.25, 0.3) is 28.1 Å². The number of hydrogen-bond acceptors (Lipinski definition) is 3. The van der Waals surface area contributed by atoms with Crippen molar-refractivity contribution in [3.05, 3.63) is 106 Å². The molecule has 5 rings (SSSR count). The first-order valence-corrected chi connectivity index (χ1v) is 11.9. The van der Waals surface area contributed by atoms with E-state index in [4.69, 9.17) is 16.7 Å². The van der Waals surface area contributed by atoms with Gasteiger partial charge in [0.25, 0.3) is 0 Å². The van der Waals surface area contributed by atoms with Gasteiger partial charge in [-0.1, -0.05) is 48.4 Å². The second-order valence-corrected chi connectivity index (χ2v) is 9.21. The van der Waals surface area contributed by atoms with Gasteiger partial charge in [-0.2, -0.15) is 10.4 Å². The van der Waals surface area contributed by atoms with Gasteiger partial charge in [0.05, 0.1) is 28.7 Å². The van der Waals surface area contributed by atoms with Crippen LogP contribution in [-0.2, 0) is 4.79 Å². The predicted molar refractivity (Wildman–Crippen MR) is 139 cm³/mol. The van der Waals surface area contributed by atoms with E-state index in [9.17, 15) is 10.1 Å². The second kappa shape index (κ2) is 9.80. The number of nitrogens with zero attached hydrogens (tertiary/aromatic N) is 2. The first-order chi connectivity index (χ1) is 17.5. The number of halogens is 2. The van der Waals surface area contributed by atoms with Gasteiger partial charge < -0.3 is 5.11 Å². The number of fused-ring (bicyclic) bond motifs is 1. The third kappa shape index (κ3) is 4.41. The highest BCUT2D eigenvalue weighted by Gasteiger charge is 2.30. The highest BCUT2D eigenvalue weighted by Crippen LogP contribution is 2.47. The summed E-state index contributed by atoms with van der Waals surface area (Å²) in [6, 6.07) is 18.4. The van der Waals surface area contributed by atoms with Crippen molar-refractivity contribution in [1.29, 1.82) is 5.26 Å². The smallest absolute Gasteiger partial charge is 0.328 e. The summed E-state index contributed by atoms with van der Waals surface area (Å²) >= 11 is 6.20. The molecule has 178 valence electrons. The van der Waals surface area contributed by atoms with E-state index in [1.54, 1.807) is 36.4 Å². The van der Waals surface area contributed by atoms with Crippen molar-refractivity contribution < 1.29 is 14.3 Å². The number of carboxylic acid groups (broad SMARTS) is 1. The maximum atomic E-state index is 16.0. The molecule has 1 saturated carbocycles. The maximum Gasteiger partial charge on any atom is 0.328 e. The minimum atomic E-state index is -1.03. The number of carbonyl (C=O) groups is 1. The summed E-state index contributed by atoms with van der Waals surface area (Å²) in [5.74, 6) is -1.27. The van der Waals surface area contributed by atoms with Crippen molar-refractivity contribution in [3.63, 3.8) is 0 Å². The van der Waals surface area contributed by atoms with Crippen molar-refractivity contribution >= 4 is 45.7 Å². The van der Waals surface area contributed by atoms with Crippen molar-refractivity contribution in [3.8, 4) is 6.07 Å². The van der Waals surface area contributed by atoms with Crippen molar-refractivity contribution in [1.82, 2.24) is 10.2 Å². The van der Waals surface area contributed by atoms with Gasteiger partial charge in [0.2, 0.25) is 0 Å². The van der Waals surface area contributed by atoms with Crippen LogP contribution in [0.1, 0.15) is 47.1 Å². The number of aromatic amines is 1. The van der Waals surface area contributed by atoms with Gasteiger partial charge in [0, 0.05) is 16.7 Å². The lowest BCUT2D eigenvalue weighted by molar-refractivity contribution is -0.131. The minimum absolute atomic E-state index is 0.152. The Bertz CT molecular complexity index is 1570. The first kappa shape index (κ1) is 23.5. The van der Waals surface area contributed by atoms with Gasteiger partial charge in [-0.3, -0.25) is 5.10 Å². The van der Waals surface area contributed by atoms with E-state index in [1.165, 1.54) is 12.3 Å². The minimum Gasteiger partial charge on any atom is -0.478 e. The van der Waals surface area contributed by atoms with Crippen molar-refractivity contribution in [2.45, 2.75) is 19.3 Å². The van der Waals surface area contributed by atoms with Crippen LogP contribution in [0.4, 0.5) is 4.39 Å². The fourth-order valence-electron chi connectivity index (χ4n) is 4.66. The van der Waals surface area contributed by atoms with Crippen LogP contribution in [0.3, 0.4) is 0 Å². The molecular formula is C29H21ClFN3O2. The van der Waals surface area contributed by atoms with Crippen molar-refractivity contribution in [2.24, 2.45) is 5.92 Å². The van der Waals surface area contributed by atoms with Gasteiger partial charge in [0.15, 0.2) is 0 Å². The molecule has 2 N–H and O–H groups in total.